The number of rotatable bonds is 3. The van der Waals surface area contributed by atoms with E-state index in [9.17, 15) is 0 Å². The van der Waals surface area contributed by atoms with Gasteiger partial charge in [-0.05, 0) is 42.0 Å². The van der Waals surface area contributed by atoms with Gasteiger partial charge >= 0.3 is 0 Å². The van der Waals surface area contributed by atoms with Gasteiger partial charge in [0.25, 0.3) is 0 Å². The van der Waals surface area contributed by atoms with Crippen LogP contribution in [0.3, 0.4) is 0 Å². The van der Waals surface area contributed by atoms with E-state index >= 15 is 0 Å². The minimum absolute atomic E-state index is 0.138. The third-order valence-corrected chi connectivity index (χ3v) is 6.59. The average Bonchev–Trinajstić information content (AvgIpc) is 3.17. The van der Waals surface area contributed by atoms with Gasteiger partial charge in [-0.1, -0.05) is 58.4 Å². The molecule has 0 bridgehead atoms. The van der Waals surface area contributed by atoms with E-state index < -0.39 is 0 Å². The Kier molecular flexibility index (Phi) is 5.04. The first-order valence-corrected chi connectivity index (χ1v) is 11.0. The molecule has 1 aliphatic heterocycles. The van der Waals surface area contributed by atoms with Crippen molar-refractivity contribution in [3.8, 4) is 5.69 Å². The summed E-state index contributed by atoms with van der Waals surface area (Å²) < 4.78 is 1.06. The summed E-state index contributed by atoms with van der Waals surface area (Å²) in [4.78, 5) is 7.87. The number of para-hydroxylation sites is 2. The normalized spacial score (nSPS) is 16.0. The van der Waals surface area contributed by atoms with Crippen molar-refractivity contribution in [1.82, 2.24) is 15.0 Å². The molecule has 29 heavy (non-hydrogen) atoms. The second-order valence-corrected chi connectivity index (χ2v) is 8.90. The summed E-state index contributed by atoms with van der Waals surface area (Å²) in [5, 5.41) is 9.42. The smallest absolute Gasteiger partial charge is 0.0969 e. The van der Waals surface area contributed by atoms with Crippen LogP contribution in [0.2, 0.25) is 0 Å². The van der Waals surface area contributed by atoms with Crippen LogP contribution in [0.25, 0.3) is 5.69 Å². The van der Waals surface area contributed by atoms with Crippen LogP contribution in [0.15, 0.2) is 99.4 Å². The Bertz CT molecular complexity index is 1170. The van der Waals surface area contributed by atoms with Crippen LogP contribution in [0.4, 0.5) is 5.69 Å². The van der Waals surface area contributed by atoms with Crippen molar-refractivity contribution in [3.63, 3.8) is 0 Å². The van der Waals surface area contributed by atoms with Crippen molar-refractivity contribution in [2.45, 2.75) is 16.6 Å². The highest BCUT2D eigenvalue weighted by atomic mass is 79.9. The molecule has 1 atom stereocenters. The van der Waals surface area contributed by atoms with Crippen LogP contribution < -0.4 is 0 Å². The van der Waals surface area contributed by atoms with Gasteiger partial charge < -0.3 is 0 Å². The molecule has 0 amide bonds. The molecular formula is C23H17BrN4S. The van der Waals surface area contributed by atoms with Gasteiger partial charge in [0.2, 0.25) is 0 Å². The Morgan fingerprint density at radius 1 is 0.897 bits per heavy atom. The lowest BCUT2D eigenvalue weighted by atomic mass is 10.0. The summed E-state index contributed by atoms with van der Waals surface area (Å²) in [6.07, 6.45) is 2.66. The molecule has 0 saturated heterocycles. The Balaban J connectivity index is 1.54. The average molecular weight is 461 g/mol. The monoisotopic (exact) mass is 460 g/mol. The zero-order chi connectivity index (χ0) is 19.6. The first-order valence-electron chi connectivity index (χ1n) is 9.33. The second-order valence-electron chi connectivity index (χ2n) is 6.74. The van der Waals surface area contributed by atoms with E-state index in [2.05, 4.69) is 63.5 Å². The van der Waals surface area contributed by atoms with E-state index in [1.54, 1.807) is 16.6 Å². The van der Waals surface area contributed by atoms with Crippen molar-refractivity contribution >= 4 is 39.1 Å². The van der Waals surface area contributed by atoms with E-state index in [1.165, 1.54) is 4.90 Å². The van der Waals surface area contributed by atoms with Crippen LogP contribution in [-0.2, 0) is 0 Å². The number of nitrogens with zero attached hydrogens (tertiary/aromatic N) is 4. The molecule has 1 aliphatic rings. The number of hydrogen-bond donors (Lipinski definition) is 0. The molecule has 2 heterocycles. The third-order valence-electron chi connectivity index (χ3n) is 4.77. The molecule has 0 fully saturated rings. The summed E-state index contributed by atoms with van der Waals surface area (Å²) in [6.45, 7) is 0. The number of halogens is 1. The number of hydrogen-bond acceptors (Lipinski definition) is 4. The molecule has 3 aromatic carbocycles. The topological polar surface area (TPSA) is 43.1 Å². The van der Waals surface area contributed by atoms with Crippen LogP contribution >= 0.6 is 27.7 Å². The number of aliphatic imine (C=N–C) groups is 1. The van der Waals surface area contributed by atoms with Crippen molar-refractivity contribution in [2.75, 3.05) is 0 Å². The van der Waals surface area contributed by atoms with Gasteiger partial charge in [0.1, 0.15) is 0 Å². The van der Waals surface area contributed by atoms with Crippen molar-refractivity contribution < 1.29 is 0 Å². The van der Waals surface area contributed by atoms with Crippen LogP contribution in [0, 0.1) is 0 Å². The third kappa shape index (κ3) is 3.91. The molecule has 142 valence electrons. The highest BCUT2D eigenvalue weighted by molar-refractivity contribution is 9.10. The molecule has 0 aliphatic carbocycles. The van der Waals surface area contributed by atoms with Crippen LogP contribution in [0.5, 0.6) is 0 Å². The zero-order valence-corrected chi connectivity index (χ0v) is 17.8. The number of benzene rings is 3. The van der Waals surface area contributed by atoms with Crippen LogP contribution in [-0.4, -0.2) is 20.7 Å². The molecule has 5 rings (SSSR count). The Morgan fingerprint density at radius 2 is 1.66 bits per heavy atom. The fourth-order valence-corrected chi connectivity index (χ4v) is 4.74. The maximum absolute atomic E-state index is 5.01. The minimum Gasteiger partial charge on any atom is -0.252 e. The van der Waals surface area contributed by atoms with Gasteiger partial charge in [-0.15, -0.1) is 11.8 Å². The fourth-order valence-electron chi connectivity index (χ4n) is 3.31. The lowest BCUT2D eigenvalue weighted by Gasteiger charge is -2.13. The summed E-state index contributed by atoms with van der Waals surface area (Å²) in [5.41, 5.74) is 5.12. The van der Waals surface area contributed by atoms with E-state index in [0.29, 0.717) is 0 Å². The molecule has 0 spiro atoms. The number of thioether (sulfide) groups is 1. The second kappa shape index (κ2) is 7.97. The van der Waals surface area contributed by atoms with Gasteiger partial charge in [-0.2, -0.15) is 15.0 Å². The molecule has 0 N–H and O–H groups in total. The van der Waals surface area contributed by atoms with Gasteiger partial charge in [0.15, 0.2) is 0 Å². The van der Waals surface area contributed by atoms with Crippen LogP contribution in [0.1, 0.15) is 22.9 Å². The van der Waals surface area contributed by atoms with Gasteiger partial charge in [0.05, 0.1) is 28.5 Å². The Hall–Kier alpha value is -2.70. The quantitative estimate of drug-likeness (QED) is 0.355. The standard InChI is InChI=1S/C23H17BrN4S/c24-17-12-10-16(11-13-17)20-14-23(29-22-9-5-4-8-19(22)26-20)21-15-25-28(27-21)18-6-2-1-3-7-18/h1-13,15,23H,14H2. The maximum Gasteiger partial charge on any atom is 0.0969 e. The lowest BCUT2D eigenvalue weighted by molar-refractivity contribution is 0.735. The fraction of sp³-hybridized carbons (Fsp3) is 0.0870. The first kappa shape index (κ1) is 18.3. The predicted molar refractivity (Wildman–Crippen MR) is 121 cm³/mol. The molecule has 1 aromatic heterocycles. The van der Waals surface area contributed by atoms with Crippen molar-refractivity contribution in [1.29, 1.82) is 0 Å². The predicted octanol–water partition coefficient (Wildman–Crippen LogP) is 6.39. The summed E-state index contributed by atoms with van der Waals surface area (Å²) in [5.74, 6) is 0. The van der Waals surface area contributed by atoms with E-state index in [1.807, 2.05) is 42.6 Å². The summed E-state index contributed by atoms with van der Waals surface area (Å²) >= 11 is 5.32. The summed E-state index contributed by atoms with van der Waals surface area (Å²) in [7, 11) is 0. The molecule has 0 radical (unpaired) electrons. The molecule has 1 unspecified atom stereocenters. The SMILES string of the molecule is Brc1ccc(C2=Nc3ccccc3SC(c3cnn(-c4ccccc4)n3)C2)cc1. The Labute approximate surface area is 181 Å². The highest BCUT2D eigenvalue weighted by Gasteiger charge is 2.25. The number of fused-ring (bicyclic) bond motifs is 1. The van der Waals surface area contributed by atoms with E-state index in [0.717, 1.165) is 39.2 Å². The van der Waals surface area contributed by atoms with Crippen molar-refractivity contribution in [3.05, 3.63) is 101 Å². The number of aromatic nitrogens is 3. The maximum atomic E-state index is 5.01. The zero-order valence-electron chi connectivity index (χ0n) is 15.4. The van der Waals surface area contributed by atoms with Gasteiger partial charge in [0, 0.05) is 21.5 Å². The molecule has 4 aromatic rings. The highest BCUT2D eigenvalue weighted by Crippen LogP contribution is 2.44. The van der Waals surface area contributed by atoms with E-state index in [-0.39, 0.29) is 5.25 Å². The molecule has 6 heteroatoms. The summed E-state index contributed by atoms with van der Waals surface area (Å²) in [6, 6.07) is 26.6. The first-order chi connectivity index (χ1) is 14.3. The minimum atomic E-state index is 0.138. The van der Waals surface area contributed by atoms with Gasteiger partial charge in [-0.25, -0.2) is 0 Å². The lowest BCUT2D eigenvalue weighted by Crippen LogP contribution is -2.06. The molecular weight excluding hydrogens is 444 g/mol. The van der Waals surface area contributed by atoms with Crippen molar-refractivity contribution in [2.24, 2.45) is 4.99 Å². The molecule has 4 nitrogen and oxygen atoms in total. The van der Waals surface area contributed by atoms with Gasteiger partial charge in [-0.3, -0.25) is 4.99 Å². The largest absolute Gasteiger partial charge is 0.252 e. The Morgan fingerprint density at radius 3 is 2.48 bits per heavy atom. The molecule has 0 saturated carbocycles. The van der Waals surface area contributed by atoms with E-state index in [4.69, 9.17) is 10.1 Å².